The first-order chi connectivity index (χ1) is 10.2. The van der Waals surface area contributed by atoms with Gasteiger partial charge in [-0.3, -0.25) is 0 Å². The van der Waals surface area contributed by atoms with Crippen molar-refractivity contribution in [3.05, 3.63) is 76.4 Å². The van der Waals surface area contributed by atoms with E-state index in [4.69, 9.17) is 0 Å². The second-order valence-electron chi connectivity index (χ2n) is 5.97. The molecular weight excluding hydrogens is 254 g/mol. The highest BCUT2D eigenvalue weighted by molar-refractivity contribution is 5.82. The quantitative estimate of drug-likeness (QED) is 0.853. The summed E-state index contributed by atoms with van der Waals surface area (Å²) >= 11 is 0. The van der Waals surface area contributed by atoms with Gasteiger partial charge in [0.15, 0.2) is 0 Å². The van der Waals surface area contributed by atoms with E-state index in [0.717, 1.165) is 25.9 Å². The van der Waals surface area contributed by atoms with Gasteiger partial charge in [0, 0.05) is 0 Å². The Labute approximate surface area is 127 Å². The van der Waals surface area contributed by atoms with Crippen LogP contribution in [0.2, 0.25) is 0 Å². The van der Waals surface area contributed by atoms with E-state index < -0.39 is 0 Å². The molecule has 0 aromatic heterocycles. The molecule has 108 valence electrons. The summed E-state index contributed by atoms with van der Waals surface area (Å²) in [6.45, 7) is 6.53. The summed E-state index contributed by atoms with van der Waals surface area (Å²) in [5.74, 6) is 0. The standard InChI is InChI=1S/C20H23N/c1-15-5-3-7-18(13-15)20(17-9-11-21-12-10-17)19-8-4-6-16(2)14-19/h3-8,13-14,21H,9-12H2,1-2H3. The molecule has 1 aliphatic heterocycles. The van der Waals surface area contributed by atoms with Crippen LogP contribution in [0, 0.1) is 13.8 Å². The molecule has 0 bridgehead atoms. The van der Waals surface area contributed by atoms with E-state index in [1.807, 2.05) is 0 Å². The van der Waals surface area contributed by atoms with Crippen molar-refractivity contribution in [3.63, 3.8) is 0 Å². The number of aryl methyl sites for hydroxylation is 2. The van der Waals surface area contributed by atoms with Gasteiger partial charge in [-0.2, -0.15) is 0 Å². The van der Waals surface area contributed by atoms with E-state index in [-0.39, 0.29) is 0 Å². The SMILES string of the molecule is Cc1cccc(C(=C2CCNCC2)c2cccc(C)c2)c1. The van der Waals surface area contributed by atoms with Crippen LogP contribution >= 0.6 is 0 Å². The third-order valence-electron chi connectivity index (χ3n) is 4.17. The predicted molar refractivity (Wildman–Crippen MR) is 90.5 cm³/mol. The van der Waals surface area contributed by atoms with Gasteiger partial charge in [-0.1, -0.05) is 65.2 Å². The van der Waals surface area contributed by atoms with E-state index in [2.05, 4.69) is 67.7 Å². The van der Waals surface area contributed by atoms with Gasteiger partial charge >= 0.3 is 0 Å². The highest BCUT2D eigenvalue weighted by atomic mass is 14.9. The zero-order chi connectivity index (χ0) is 14.7. The number of hydrogen-bond acceptors (Lipinski definition) is 1. The van der Waals surface area contributed by atoms with Crippen molar-refractivity contribution in [1.29, 1.82) is 0 Å². The van der Waals surface area contributed by atoms with Gasteiger partial charge in [0.1, 0.15) is 0 Å². The normalized spacial score (nSPS) is 15.0. The average molecular weight is 277 g/mol. The van der Waals surface area contributed by atoms with Crippen molar-refractivity contribution in [1.82, 2.24) is 5.32 Å². The van der Waals surface area contributed by atoms with Crippen LogP contribution < -0.4 is 5.32 Å². The number of hydrogen-bond donors (Lipinski definition) is 1. The third kappa shape index (κ3) is 3.25. The van der Waals surface area contributed by atoms with Crippen molar-refractivity contribution in [2.45, 2.75) is 26.7 Å². The Morgan fingerprint density at radius 3 is 1.81 bits per heavy atom. The Morgan fingerprint density at radius 2 is 1.33 bits per heavy atom. The molecule has 1 fully saturated rings. The maximum Gasteiger partial charge on any atom is -0.00111 e. The first kappa shape index (κ1) is 14.1. The van der Waals surface area contributed by atoms with E-state index in [1.54, 1.807) is 5.57 Å². The van der Waals surface area contributed by atoms with Crippen LogP contribution in [0.25, 0.3) is 5.57 Å². The van der Waals surface area contributed by atoms with E-state index in [0.29, 0.717) is 0 Å². The van der Waals surface area contributed by atoms with Crippen molar-refractivity contribution in [3.8, 4) is 0 Å². The Bertz CT molecular complexity index is 612. The Hall–Kier alpha value is -1.86. The largest absolute Gasteiger partial charge is 0.316 e. The number of piperidine rings is 1. The Kier molecular flexibility index (Phi) is 4.21. The van der Waals surface area contributed by atoms with Crippen molar-refractivity contribution < 1.29 is 0 Å². The minimum absolute atomic E-state index is 1.09. The molecule has 2 aromatic carbocycles. The predicted octanol–water partition coefficient (Wildman–Crippen LogP) is 4.49. The van der Waals surface area contributed by atoms with E-state index in [9.17, 15) is 0 Å². The zero-order valence-corrected chi connectivity index (χ0v) is 12.9. The molecule has 0 atom stereocenters. The van der Waals surface area contributed by atoms with Crippen LogP contribution in [0.3, 0.4) is 0 Å². The molecule has 1 N–H and O–H groups in total. The molecule has 0 unspecified atom stereocenters. The molecule has 2 aromatic rings. The lowest BCUT2D eigenvalue weighted by Crippen LogP contribution is -2.23. The van der Waals surface area contributed by atoms with Gasteiger partial charge in [-0.15, -0.1) is 0 Å². The fourth-order valence-corrected chi connectivity index (χ4v) is 3.15. The second kappa shape index (κ2) is 6.28. The van der Waals surface area contributed by atoms with Gasteiger partial charge < -0.3 is 5.32 Å². The zero-order valence-electron chi connectivity index (χ0n) is 12.9. The Morgan fingerprint density at radius 1 is 0.810 bits per heavy atom. The van der Waals surface area contributed by atoms with E-state index in [1.165, 1.54) is 27.8 Å². The van der Waals surface area contributed by atoms with Crippen LogP contribution in [0.1, 0.15) is 35.1 Å². The summed E-state index contributed by atoms with van der Waals surface area (Å²) in [5, 5.41) is 3.46. The highest BCUT2D eigenvalue weighted by Gasteiger charge is 2.14. The van der Waals surface area contributed by atoms with Gasteiger partial charge in [0.2, 0.25) is 0 Å². The van der Waals surface area contributed by atoms with Gasteiger partial charge in [0.25, 0.3) is 0 Å². The third-order valence-corrected chi connectivity index (χ3v) is 4.17. The van der Waals surface area contributed by atoms with Gasteiger partial charge in [-0.25, -0.2) is 0 Å². The highest BCUT2D eigenvalue weighted by Crippen LogP contribution is 2.31. The van der Waals surface area contributed by atoms with Crippen molar-refractivity contribution >= 4 is 5.57 Å². The minimum Gasteiger partial charge on any atom is -0.316 e. The molecule has 21 heavy (non-hydrogen) atoms. The first-order valence-electron chi connectivity index (χ1n) is 7.81. The lowest BCUT2D eigenvalue weighted by atomic mass is 9.88. The van der Waals surface area contributed by atoms with Gasteiger partial charge in [-0.05, 0) is 56.5 Å². The van der Waals surface area contributed by atoms with Crippen LogP contribution in [-0.2, 0) is 0 Å². The summed E-state index contributed by atoms with van der Waals surface area (Å²) in [7, 11) is 0. The Balaban J connectivity index is 2.15. The topological polar surface area (TPSA) is 12.0 Å². The average Bonchev–Trinajstić information content (AvgIpc) is 2.49. The molecular formula is C20H23N. The minimum atomic E-state index is 1.09. The van der Waals surface area contributed by atoms with Crippen LogP contribution in [0.5, 0.6) is 0 Å². The maximum atomic E-state index is 3.46. The molecule has 1 heterocycles. The number of nitrogens with one attached hydrogen (secondary N) is 1. The summed E-state index contributed by atoms with van der Waals surface area (Å²) in [6.07, 6.45) is 2.30. The molecule has 1 saturated heterocycles. The van der Waals surface area contributed by atoms with Crippen LogP contribution in [0.15, 0.2) is 54.1 Å². The molecule has 0 aliphatic carbocycles. The summed E-state index contributed by atoms with van der Waals surface area (Å²) in [5.41, 5.74) is 8.41. The molecule has 0 saturated carbocycles. The maximum absolute atomic E-state index is 3.46. The summed E-state index contributed by atoms with van der Waals surface area (Å²) in [6, 6.07) is 17.8. The lowest BCUT2D eigenvalue weighted by Gasteiger charge is -2.21. The van der Waals surface area contributed by atoms with Crippen molar-refractivity contribution in [2.24, 2.45) is 0 Å². The first-order valence-corrected chi connectivity index (χ1v) is 7.81. The lowest BCUT2D eigenvalue weighted by molar-refractivity contribution is 0.611. The summed E-state index contributed by atoms with van der Waals surface area (Å²) < 4.78 is 0. The fraction of sp³-hybridized carbons (Fsp3) is 0.300. The van der Waals surface area contributed by atoms with Crippen molar-refractivity contribution in [2.75, 3.05) is 13.1 Å². The summed E-state index contributed by atoms with van der Waals surface area (Å²) in [4.78, 5) is 0. The van der Waals surface area contributed by atoms with Crippen LogP contribution in [0.4, 0.5) is 0 Å². The van der Waals surface area contributed by atoms with Crippen LogP contribution in [-0.4, -0.2) is 13.1 Å². The fourth-order valence-electron chi connectivity index (χ4n) is 3.15. The monoisotopic (exact) mass is 277 g/mol. The smallest absolute Gasteiger partial charge is 0.00111 e. The second-order valence-corrected chi connectivity index (χ2v) is 5.97. The molecule has 0 radical (unpaired) electrons. The molecule has 0 spiro atoms. The molecule has 3 rings (SSSR count). The number of benzene rings is 2. The van der Waals surface area contributed by atoms with E-state index >= 15 is 0 Å². The number of rotatable bonds is 2. The molecule has 1 aliphatic rings. The molecule has 1 nitrogen and oxygen atoms in total. The molecule has 1 heteroatoms. The molecule has 0 amide bonds. The van der Waals surface area contributed by atoms with Gasteiger partial charge in [0.05, 0.1) is 0 Å².